The van der Waals surface area contributed by atoms with Gasteiger partial charge in [0, 0.05) is 11.3 Å². The van der Waals surface area contributed by atoms with Crippen LogP contribution in [0.25, 0.3) is 33.4 Å². The maximum atomic E-state index is 6.29. The molecule has 25 heavy (non-hydrogen) atoms. The third-order valence-corrected chi connectivity index (χ3v) is 4.44. The monoisotopic (exact) mass is 321 g/mol. The van der Waals surface area contributed by atoms with Crippen LogP contribution in [-0.2, 0) is 0 Å². The minimum Gasteiger partial charge on any atom is -0.398 e. The van der Waals surface area contributed by atoms with Gasteiger partial charge in [-0.1, -0.05) is 84.9 Å². The lowest BCUT2D eigenvalue weighted by Gasteiger charge is -2.11. The zero-order valence-corrected chi connectivity index (χ0v) is 13.9. The molecule has 0 aliphatic heterocycles. The van der Waals surface area contributed by atoms with Gasteiger partial charge in [-0.25, -0.2) is 0 Å². The SMILES string of the molecule is Nc1ccc(-c2ccccc2)cc1-c1cccc(-c2ccccc2)c1. The van der Waals surface area contributed by atoms with Gasteiger partial charge in [0.15, 0.2) is 0 Å². The van der Waals surface area contributed by atoms with Gasteiger partial charge >= 0.3 is 0 Å². The summed E-state index contributed by atoms with van der Waals surface area (Å²) < 4.78 is 0. The minimum absolute atomic E-state index is 0.796. The number of benzene rings is 4. The van der Waals surface area contributed by atoms with Gasteiger partial charge in [-0.05, 0) is 46.0 Å². The van der Waals surface area contributed by atoms with Crippen molar-refractivity contribution in [2.24, 2.45) is 0 Å². The van der Waals surface area contributed by atoms with Crippen molar-refractivity contribution in [3.05, 3.63) is 103 Å². The van der Waals surface area contributed by atoms with Crippen molar-refractivity contribution < 1.29 is 0 Å². The Balaban J connectivity index is 1.80. The molecule has 0 aliphatic rings. The van der Waals surface area contributed by atoms with Gasteiger partial charge in [-0.2, -0.15) is 0 Å². The van der Waals surface area contributed by atoms with E-state index in [-0.39, 0.29) is 0 Å². The van der Waals surface area contributed by atoms with E-state index in [1.165, 1.54) is 22.3 Å². The molecule has 0 aromatic heterocycles. The lowest BCUT2D eigenvalue weighted by molar-refractivity contribution is 1.57. The summed E-state index contributed by atoms with van der Waals surface area (Å²) >= 11 is 0. The molecule has 0 atom stereocenters. The van der Waals surface area contributed by atoms with Gasteiger partial charge in [0.2, 0.25) is 0 Å². The molecule has 0 unspecified atom stereocenters. The van der Waals surface area contributed by atoms with Crippen LogP contribution in [0.15, 0.2) is 103 Å². The fraction of sp³-hybridized carbons (Fsp3) is 0. The molecule has 0 radical (unpaired) electrons. The maximum Gasteiger partial charge on any atom is 0.0394 e. The van der Waals surface area contributed by atoms with Crippen LogP contribution < -0.4 is 5.73 Å². The highest BCUT2D eigenvalue weighted by Crippen LogP contribution is 2.33. The molecule has 0 bridgehead atoms. The molecule has 1 heteroatoms. The molecule has 0 spiro atoms. The fourth-order valence-corrected chi connectivity index (χ4v) is 3.11. The van der Waals surface area contributed by atoms with Crippen molar-refractivity contribution in [3.63, 3.8) is 0 Å². The van der Waals surface area contributed by atoms with E-state index >= 15 is 0 Å². The van der Waals surface area contributed by atoms with E-state index in [4.69, 9.17) is 5.73 Å². The zero-order valence-electron chi connectivity index (χ0n) is 13.9. The summed E-state index contributed by atoms with van der Waals surface area (Å²) in [6.07, 6.45) is 0. The van der Waals surface area contributed by atoms with Gasteiger partial charge in [-0.15, -0.1) is 0 Å². The van der Waals surface area contributed by atoms with E-state index in [0.29, 0.717) is 0 Å². The number of hydrogen-bond donors (Lipinski definition) is 1. The third kappa shape index (κ3) is 3.17. The van der Waals surface area contributed by atoms with Crippen LogP contribution in [0, 0.1) is 0 Å². The van der Waals surface area contributed by atoms with Gasteiger partial charge in [0.25, 0.3) is 0 Å². The van der Waals surface area contributed by atoms with Crippen molar-refractivity contribution in [2.75, 3.05) is 5.73 Å². The van der Waals surface area contributed by atoms with Gasteiger partial charge in [0.1, 0.15) is 0 Å². The van der Waals surface area contributed by atoms with Crippen molar-refractivity contribution in [3.8, 4) is 33.4 Å². The molecule has 0 fully saturated rings. The van der Waals surface area contributed by atoms with Crippen LogP contribution in [0.3, 0.4) is 0 Å². The number of nitrogens with two attached hydrogens (primary N) is 1. The molecule has 4 rings (SSSR count). The second-order valence-corrected chi connectivity index (χ2v) is 6.11. The molecule has 4 aromatic rings. The van der Waals surface area contributed by atoms with E-state index in [0.717, 1.165) is 16.8 Å². The Labute approximate surface area is 148 Å². The predicted octanol–water partition coefficient (Wildman–Crippen LogP) is 6.27. The second kappa shape index (κ2) is 6.66. The molecule has 0 amide bonds. The topological polar surface area (TPSA) is 26.0 Å². The van der Waals surface area contributed by atoms with Crippen LogP contribution in [0.2, 0.25) is 0 Å². The number of anilines is 1. The van der Waals surface area contributed by atoms with Crippen molar-refractivity contribution in [2.45, 2.75) is 0 Å². The van der Waals surface area contributed by atoms with E-state index in [9.17, 15) is 0 Å². The summed E-state index contributed by atoms with van der Waals surface area (Å²) in [7, 11) is 0. The van der Waals surface area contributed by atoms with Crippen LogP contribution in [-0.4, -0.2) is 0 Å². The van der Waals surface area contributed by atoms with Gasteiger partial charge in [0.05, 0.1) is 0 Å². The highest BCUT2D eigenvalue weighted by molar-refractivity contribution is 5.84. The second-order valence-electron chi connectivity index (χ2n) is 6.11. The van der Waals surface area contributed by atoms with E-state index < -0.39 is 0 Å². The average Bonchev–Trinajstić information content (AvgIpc) is 2.70. The summed E-state index contributed by atoms with van der Waals surface area (Å²) in [4.78, 5) is 0. The molecule has 0 heterocycles. The number of nitrogen functional groups attached to an aromatic ring is 1. The predicted molar refractivity (Wildman–Crippen MR) is 107 cm³/mol. The van der Waals surface area contributed by atoms with Crippen molar-refractivity contribution in [1.82, 2.24) is 0 Å². The molecule has 0 saturated heterocycles. The van der Waals surface area contributed by atoms with E-state index in [1.54, 1.807) is 0 Å². The molecule has 1 nitrogen and oxygen atoms in total. The van der Waals surface area contributed by atoms with Crippen LogP contribution in [0.5, 0.6) is 0 Å². The standard InChI is InChI=1S/C24H19N/c25-24-15-14-21(19-10-5-2-6-11-19)17-23(24)22-13-7-12-20(16-22)18-8-3-1-4-9-18/h1-17H,25H2. The first-order valence-corrected chi connectivity index (χ1v) is 8.42. The third-order valence-electron chi connectivity index (χ3n) is 4.44. The summed E-state index contributed by atoms with van der Waals surface area (Å²) in [6.45, 7) is 0. The Morgan fingerprint density at radius 1 is 0.400 bits per heavy atom. The van der Waals surface area contributed by atoms with Crippen LogP contribution >= 0.6 is 0 Å². The first-order valence-electron chi connectivity index (χ1n) is 8.42. The maximum absolute atomic E-state index is 6.29. The zero-order chi connectivity index (χ0) is 17.1. The van der Waals surface area contributed by atoms with Gasteiger partial charge in [-0.3, -0.25) is 0 Å². The summed E-state index contributed by atoms with van der Waals surface area (Å²) in [5, 5.41) is 0. The summed E-state index contributed by atoms with van der Waals surface area (Å²) in [5.41, 5.74) is 14.1. The highest BCUT2D eigenvalue weighted by Gasteiger charge is 2.07. The Hall–Kier alpha value is -3.32. The van der Waals surface area contributed by atoms with E-state index in [1.807, 2.05) is 18.2 Å². The molecular weight excluding hydrogens is 302 g/mol. The quantitative estimate of drug-likeness (QED) is 0.442. The molecule has 120 valence electrons. The molecule has 0 saturated carbocycles. The van der Waals surface area contributed by atoms with Crippen LogP contribution in [0.4, 0.5) is 5.69 Å². The van der Waals surface area contributed by atoms with Crippen LogP contribution in [0.1, 0.15) is 0 Å². The van der Waals surface area contributed by atoms with Gasteiger partial charge < -0.3 is 5.73 Å². The number of rotatable bonds is 3. The lowest BCUT2D eigenvalue weighted by Crippen LogP contribution is -1.91. The number of hydrogen-bond acceptors (Lipinski definition) is 1. The summed E-state index contributed by atoms with van der Waals surface area (Å²) in [6, 6.07) is 35.6. The molecular formula is C24H19N. The Morgan fingerprint density at radius 2 is 0.920 bits per heavy atom. The van der Waals surface area contributed by atoms with Crippen molar-refractivity contribution in [1.29, 1.82) is 0 Å². The first kappa shape index (κ1) is 15.2. The van der Waals surface area contributed by atoms with E-state index in [2.05, 4.69) is 84.9 Å². The highest BCUT2D eigenvalue weighted by atomic mass is 14.6. The minimum atomic E-state index is 0.796. The molecule has 0 aliphatic carbocycles. The summed E-state index contributed by atoms with van der Waals surface area (Å²) in [5.74, 6) is 0. The molecule has 4 aromatic carbocycles. The van der Waals surface area contributed by atoms with Crippen molar-refractivity contribution >= 4 is 5.69 Å². The lowest BCUT2D eigenvalue weighted by atomic mass is 9.95. The normalized spacial score (nSPS) is 10.6. The molecule has 2 N–H and O–H groups in total. The fourth-order valence-electron chi connectivity index (χ4n) is 3.11. The average molecular weight is 321 g/mol. The Kier molecular flexibility index (Phi) is 4.05. The largest absolute Gasteiger partial charge is 0.398 e. The smallest absolute Gasteiger partial charge is 0.0394 e. The Morgan fingerprint density at radius 3 is 1.56 bits per heavy atom. The Bertz CT molecular complexity index is 989. The first-order chi connectivity index (χ1) is 12.3.